The van der Waals surface area contributed by atoms with Gasteiger partial charge >= 0.3 is 0 Å². The number of aliphatic hydroxyl groups is 1. The summed E-state index contributed by atoms with van der Waals surface area (Å²) in [6, 6.07) is 14.5. The van der Waals surface area contributed by atoms with Crippen LogP contribution in [0.2, 0.25) is 0 Å². The van der Waals surface area contributed by atoms with E-state index in [1.54, 1.807) is 11.3 Å². The predicted octanol–water partition coefficient (Wildman–Crippen LogP) is 4.38. The number of hydrogen-bond donors (Lipinski definition) is 1. The van der Waals surface area contributed by atoms with Crippen LogP contribution in [-0.4, -0.2) is 30.6 Å². The van der Waals surface area contributed by atoms with E-state index in [1.165, 1.54) is 5.56 Å². The topological polar surface area (TPSA) is 23.5 Å². The van der Waals surface area contributed by atoms with Crippen LogP contribution in [0.1, 0.15) is 29.7 Å². The Hall–Kier alpha value is -1.42. The van der Waals surface area contributed by atoms with Gasteiger partial charge in [0.05, 0.1) is 0 Å². The molecule has 2 unspecified atom stereocenters. The Bertz CT molecular complexity index is 648. The van der Waals surface area contributed by atoms with Gasteiger partial charge in [0.2, 0.25) is 0 Å². The molecule has 2 atom stereocenters. The van der Waals surface area contributed by atoms with Crippen molar-refractivity contribution in [1.82, 2.24) is 4.90 Å². The van der Waals surface area contributed by atoms with Crippen molar-refractivity contribution in [3.8, 4) is 0 Å². The summed E-state index contributed by atoms with van der Waals surface area (Å²) in [6.07, 6.45) is 5.37. The minimum atomic E-state index is -0.841. The van der Waals surface area contributed by atoms with E-state index >= 15 is 0 Å². The summed E-state index contributed by atoms with van der Waals surface area (Å²) >= 11 is 1.66. The quantitative estimate of drug-likeness (QED) is 0.901. The lowest BCUT2D eigenvalue weighted by molar-refractivity contribution is -0.0143. The maximum Gasteiger partial charge on any atom is 0.124 e. The lowest BCUT2D eigenvalue weighted by Gasteiger charge is -2.43. The smallest absolute Gasteiger partial charge is 0.124 e. The van der Waals surface area contributed by atoms with E-state index in [2.05, 4.69) is 60.8 Å². The molecule has 3 heteroatoms. The normalized spacial score (nSPS) is 26.8. The van der Waals surface area contributed by atoms with Crippen molar-refractivity contribution in [2.45, 2.75) is 24.9 Å². The van der Waals surface area contributed by atoms with E-state index in [9.17, 15) is 5.11 Å². The Balaban J connectivity index is 2.04. The molecule has 1 aliphatic carbocycles. The van der Waals surface area contributed by atoms with E-state index in [-0.39, 0.29) is 5.92 Å². The van der Waals surface area contributed by atoms with Crippen LogP contribution in [0.25, 0.3) is 6.08 Å². The molecule has 1 aromatic carbocycles. The molecule has 23 heavy (non-hydrogen) atoms. The van der Waals surface area contributed by atoms with Crippen LogP contribution in [-0.2, 0) is 5.60 Å². The molecule has 0 saturated heterocycles. The maximum absolute atomic E-state index is 11.8. The Labute approximate surface area is 143 Å². The van der Waals surface area contributed by atoms with E-state index in [4.69, 9.17) is 0 Å². The Morgan fingerprint density at radius 1 is 1.22 bits per heavy atom. The molecule has 1 N–H and O–H groups in total. The van der Waals surface area contributed by atoms with Crippen LogP contribution in [0.5, 0.6) is 0 Å². The Morgan fingerprint density at radius 2 is 2.00 bits per heavy atom. The molecule has 1 heterocycles. The standard InChI is InChI=1S/C20H25NOS/c1-21(2)15-18-11-6-10-17(14-16-8-4-3-5-9-16)20(18,22)19-12-7-13-23-19/h3-5,7-9,12-14,18,22H,6,10-11,15H2,1-2H3/b17-14+. The van der Waals surface area contributed by atoms with Crippen molar-refractivity contribution in [2.75, 3.05) is 20.6 Å². The molecule has 0 bridgehead atoms. The third-order valence-electron chi connectivity index (χ3n) is 4.70. The van der Waals surface area contributed by atoms with Crippen LogP contribution in [0, 0.1) is 5.92 Å². The molecule has 1 fully saturated rings. The average Bonchev–Trinajstić information content (AvgIpc) is 3.07. The Kier molecular flexibility index (Phi) is 5.00. The molecule has 0 spiro atoms. The number of rotatable bonds is 4. The van der Waals surface area contributed by atoms with Gasteiger partial charge in [0.1, 0.15) is 5.60 Å². The van der Waals surface area contributed by atoms with Gasteiger partial charge in [0.15, 0.2) is 0 Å². The van der Waals surface area contributed by atoms with Gasteiger partial charge in [-0.3, -0.25) is 0 Å². The SMILES string of the molecule is CN(C)CC1CCC/C(=C\c2ccccc2)C1(O)c1cccs1. The van der Waals surface area contributed by atoms with Gasteiger partial charge in [0.25, 0.3) is 0 Å². The van der Waals surface area contributed by atoms with E-state index < -0.39 is 5.60 Å². The highest BCUT2D eigenvalue weighted by atomic mass is 32.1. The number of nitrogens with zero attached hydrogens (tertiary/aromatic N) is 1. The van der Waals surface area contributed by atoms with Crippen molar-refractivity contribution in [3.63, 3.8) is 0 Å². The summed E-state index contributed by atoms with van der Waals surface area (Å²) in [4.78, 5) is 3.26. The lowest BCUT2D eigenvalue weighted by Crippen LogP contribution is -2.44. The second kappa shape index (κ2) is 7.00. The van der Waals surface area contributed by atoms with Crippen LogP contribution in [0.3, 0.4) is 0 Å². The first-order chi connectivity index (χ1) is 11.1. The highest BCUT2D eigenvalue weighted by Gasteiger charge is 2.44. The molecular weight excluding hydrogens is 302 g/mol. The first kappa shape index (κ1) is 16.4. The minimum Gasteiger partial charge on any atom is -0.380 e. The lowest BCUT2D eigenvalue weighted by atomic mass is 9.70. The van der Waals surface area contributed by atoms with Crippen LogP contribution >= 0.6 is 11.3 Å². The highest BCUT2D eigenvalue weighted by molar-refractivity contribution is 7.10. The predicted molar refractivity (Wildman–Crippen MR) is 98.5 cm³/mol. The molecule has 0 radical (unpaired) electrons. The van der Waals surface area contributed by atoms with Crippen LogP contribution in [0.15, 0.2) is 53.4 Å². The number of thiophene rings is 1. The van der Waals surface area contributed by atoms with Gasteiger partial charge in [-0.25, -0.2) is 0 Å². The van der Waals surface area contributed by atoms with Crippen LogP contribution in [0.4, 0.5) is 0 Å². The van der Waals surface area contributed by atoms with Crippen molar-refractivity contribution in [1.29, 1.82) is 0 Å². The summed E-state index contributed by atoms with van der Waals surface area (Å²) in [7, 11) is 4.17. The highest BCUT2D eigenvalue weighted by Crippen LogP contribution is 2.47. The van der Waals surface area contributed by atoms with Gasteiger partial charge in [-0.15, -0.1) is 11.3 Å². The average molecular weight is 327 g/mol. The monoisotopic (exact) mass is 327 g/mol. The molecule has 1 aliphatic rings. The maximum atomic E-state index is 11.8. The van der Waals surface area contributed by atoms with Crippen molar-refractivity contribution < 1.29 is 5.11 Å². The summed E-state index contributed by atoms with van der Waals surface area (Å²) in [6.45, 7) is 0.903. The van der Waals surface area contributed by atoms with Crippen molar-refractivity contribution in [3.05, 3.63) is 63.9 Å². The minimum absolute atomic E-state index is 0.236. The van der Waals surface area contributed by atoms with Gasteiger partial charge in [-0.2, -0.15) is 0 Å². The van der Waals surface area contributed by atoms with E-state index in [1.807, 2.05) is 12.1 Å². The Morgan fingerprint density at radius 3 is 2.65 bits per heavy atom. The zero-order chi connectivity index (χ0) is 16.3. The molecule has 1 aromatic heterocycles. The van der Waals surface area contributed by atoms with Crippen molar-refractivity contribution >= 4 is 17.4 Å². The molecule has 122 valence electrons. The zero-order valence-electron chi connectivity index (χ0n) is 13.9. The van der Waals surface area contributed by atoms with Gasteiger partial charge in [-0.05, 0) is 55.9 Å². The van der Waals surface area contributed by atoms with Crippen LogP contribution < -0.4 is 0 Å². The largest absolute Gasteiger partial charge is 0.380 e. The number of benzene rings is 1. The summed E-state index contributed by atoms with van der Waals surface area (Å²) in [5, 5.41) is 13.8. The first-order valence-corrected chi connectivity index (χ1v) is 9.16. The van der Waals surface area contributed by atoms with Crippen molar-refractivity contribution in [2.24, 2.45) is 5.92 Å². The second-order valence-corrected chi connectivity index (χ2v) is 7.62. The molecule has 2 nitrogen and oxygen atoms in total. The third kappa shape index (κ3) is 3.42. The summed E-state index contributed by atoms with van der Waals surface area (Å²) in [5.74, 6) is 0.236. The van der Waals surface area contributed by atoms with Gasteiger partial charge in [-0.1, -0.05) is 42.5 Å². The molecule has 0 aliphatic heterocycles. The second-order valence-electron chi connectivity index (χ2n) is 6.68. The fraction of sp³-hybridized carbons (Fsp3) is 0.400. The molecule has 0 amide bonds. The summed E-state index contributed by atoms with van der Waals surface area (Å²) in [5.41, 5.74) is 1.49. The van der Waals surface area contributed by atoms with Gasteiger partial charge < -0.3 is 10.0 Å². The first-order valence-electron chi connectivity index (χ1n) is 8.28. The molecule has 2 aromatic rings. The fourth-order valence-electron chi connectivity index (χ4n) is 3.65. The fourth-order valence-corrected chi connectivity index (χ4v) is 4.59. The van der Waals surface area contributed by atoms with E-state index in [0.717, 1.165) is 36.3 Å². The van der Waals surface area contributed by atoms with Gasteiger partial charge in [0, 0.05) is 17.3 Å². The van der Waals surface area contributed by atoms with E-state index in [0.29, 0.717) is 0 Å². The molecular formula is C20H25NOS. The molecule has 1 saturated carbocycles. The summed E-state index contributed by atoms with van der Waals surface area (Å²) < 4.78 is 0. The zero-order valence-corrected chi connectivity index (χ0v) is 14.7. The third-order valence-corrected chi connectivity index (χ3v) is 5.70. The molecule has 3 rings (SSSR count). The number of hydrogen-bond acceptors (Lipinski definition) is 3.